The third-order valence-corrected chi connectivity index (χ3v) is 10.3. The minimum absolute atomic E-state index is 0.0193. The fourth-order valence-electron chi connectivity index (χ4n) is 7.47. The molecule has 2 aromatic heterocycles. The lowest BCUT2D eigenvalue weighted by Crippen LogP contribution is -2.29. The Morgan fingerprint density at radius 1 is 0.408 bits per heavy atom. The van der Waals surface area contributed by atoms with E-state index in [1.54, 1.807) is 0 Å². The smallest absolute Gasteiger partial charge is 0.0714 e. The Kier molecular flexibility index (Phi) is 7.78. The van der Waals surface area contributed by atoms with E-state index in [0.717, 1.165) is 22.5 Å². The average Bonchev–Trinajstić information content (AvgIpc) is 3.38. The molecule has 6 aromatic rings. The molecule has 2 heteroatoms. The summed E-state index contributed by atoms with van der Waals surface area (Å²) in [5, 5.41) is 0. The van der Waals surface area contributed by atoms with E-state index in [4.69, 9.17) is 9.97 Å². The molecule has 0 atom stereocenters. The van der Waals surface area contributed by atoms with Crippen LogP contribution in [0.3, 0.4) is 0 Å². The highest BCUT2D eigenvalue weighted by Gasteiger charge is 2.46. The fourth-order valence-corrected chi connectivity index (χ4v) is 7.47. The second-order valence-corrected chi connectivity index (χ2v) is 16.8. The maximum absolute atomic E-state index is 4.97. The van der Waals surface area contributed by atoms with Gasteiger partial charge >= 0.3 is 0 Å². The Morgan fingerprint density at radius 3 is 1.43 bits per heavy atom. The number of nitrogens with zero attached hydrogens (tertiary/aromatic N) is 2. The Labute approximate surface area is 293 Å². The molecule has 4 aromatic carbocycles. The Balaban J connectivity index is 1.56. The summed E-state index contributed by atoms with van der Waals surface area (Å²) in [7, 11) is 0. The number of hydrogen-bond acceptors (Lipinski definition) is 2. The third kappa shape index (κ3) is 5.72. The molecule has 1 aliphatic carbocycles. The van der Waals surface area contributed by atoms with Crippen molar-refractivity contribution in [3.8, 4) is 33.6 Å². The molecule has 0 aliphatic heterocycles. The van der Waals surface area contributed by atoms with Gasteiger partial charge in [-0.05, 0) is 109 Å². The van der Waals surface area contributed by atoms with E-state index in [-0.39, 0.29) is 16.2 Å². The lowest BCUT2D eigenvalue weighted by molar-refractivity contribution is 0.587. The van der Waals surface area contributed by atoms with Crippen LogP contribution in [-0.2, 0) is 21.7 Å². The van der Waals surface area contributed by atoms with E-state index in [9.17, 15) is 0 Å². The number of pyridine rings is 2. The fraction of sp³-hybridized carbons (Fsp3) is 0.277. The molecule has 0 radical (unpaired) electrons. The molecule has 246 valence electrons. The molecule has 0 unspecified atom stereocenters. The lowest BCUT2D eigenvalue weighted by atomic mass is 9.66. The van der Waals surface area contributed by atoms with Crippen LogP contribution >= 0.6 is 0 Å². The van der Waals surface area contributed by atoms with E-state index >= 15 is 0 Å². The van der Waals surface area contributed by atoms with Gasteiger partial charge in [-0.3, -0.25) is 9.97 Å². The van der Waals surface area contributed by atoms with Crippen molar-refractivity contribution < 1.29 is 0 Å². The van der Waals surface area contributed by atoms with Crippen molar-refractivity contribution in [2.75, 3.05) is 0 Å². The molecule has 7 rings (SSSR count). The number of benzene rings is 4. The van der Waals surface area contributed by atoms with Crippen LogP contribution in [0.15, 0.2) is 128 Å². The first-order valence-corrected chi connectivity index (χ1v) is 17.6. The van der Waals surface area contributed by atoms with E-state index in [2.05, 4.69) is 178 Å². The summed E-state index contributed by atoms with van der Waals surface area (Å²) in [5.74, 6) is 0. The topological polar surface area (TPSA) is 25.8 Å². The van der Waals surface area contributed by atoms with E-state index < -0.39 is 5.41 Å². The molecule has 2 nitrogen and oxygen atoms in total. The van der Waals surface area contributed by atoms with Crippen molar-refractivity contribution >= 4 is 0 Å². The van der Waals surface area contributed by atoms with E-state index in [1.165, 1.54) is 50.1 Å². The van der Waals surface area contributed by atoms with Crippen LogP contribution in [0.2, 0.25) is 0 Å². The largest absolute Gasteiger partial charge is 0.256 e. The zero-order valence-electron chi connectivity index (χ0n) is 30.5. The maximum Gasteiger partial charge on any atom is 0.0714 e. The predicted octanol–water partition coefficient (Wildman–Crippen LogP) is 12.1. The second kappa shape index (κ2) is 11.7. The predicted molar refractivity (Wildman–Crippen MR) is 206 cm³/mol. The number of aromatic nitrogens is 2. The minimum Gasteiger partial charge on any atom is -0.256 e. The SMILES string of the molecule is CC(C)(C)c1cc(-c2cc(C(C)(C)C)ccn2)cc(C2(c3cccc(-c4cc(C(C)(C)C)ccn4)c3)c3ccccc3-c3ccccc32)c1. The van der Waals surface area contributed by atoms with Gasteiger partial charge in [0, 0.05) is 23.5 Å². The average molecular weight is 641 g/mol. The van der Waals surface area contributed by atoms with Crippen LogP contribution in [0.4, 0.5) is 0 Å². The summed E-state index contributed by atoms with van der Waals surface area (Å²) in [6.07, 6.45) is 3.92. The highest BCUT2D eigenvalue weighted by Crippen LogP contribution is 2.57. The molecule has 0 spiro atoms. The first kappa shape index (κ1) is 32.7. The van der Waals surface area contributed by atoms with Gasteiger partial charge in [0.1, 0.15) is 0 Å². The van der Waals surface area contributed by atoms with Gasteiger partial charge in [-0.15, -0.1) is 0 Å². The summed E-state index contributed by atoms with van der Waals surface area (Å²) in [6.45, 7) is 20.5. The summed E-state index contributed by atoms with van der Waals surface area (Å²) >= 11 is 0. The quantitative estimate of drug-likeness (QED) is 0.191. The van der Waals surface area contributed by atoms with Crippen molar-refractivity contribution in [3.63, 3.8) is 0 Å². The van der Waals surface area contributed by atoms with Gasteiger partial charge in [-0.25, -0.2) is 0 Å². The van der Waals surface area contributed by atoms with Gasteiger partial charge in [-0.1, -0.05) is 135 Å². The molecule has 0 N–H and O–H groups in total. The molecule has 0 fully saturated rings. The molecular weight excluding hydrogens is 593 g/mol. The van der Waals surface area contributed by atoms with E-state index in [1.807, 2.05) is 12.4 Å². The number of rotatable bonds is 4. The molecule has 0 amide bonds. The maximum atomic E-state index is 4.97. The monoisotopic (exact) mass is 640 g/mol. The molecular formula is C47H48N2. The van der Waals surface area contributed by atoms with Crippen LogP contribution in [0.25, 0.3) is 33.6 Å². The van der Waals surface area contributed by atoms with Crippen molar-refractivity contribution in [1.29, 1.82) is 0 Å². The first-order valence-electron chi connectivity index (χ1n) is 17.6. The first-order chi connectivity index (χ1) is 23.2. The molecule has 0 bridgehead atoms. The molecule has 0 saturated heterocycles. The summed E-state index contributed by atoms with van der Waals surface area (Å²) in [4.78, 5) is 9.87. The number of fused-ring (bicyclic) bond motifs is 3. The number of hydrogen-bond donors (Lipinski definition) is 0. The normalized spacial score (nSPS) is 14.0. The summed E-state index contributed by atoms with van der Waals surface area (Å²) in [5.41, 5.74) is 15.2. The molecule has 49 heavy (non-hydrogen) atoms. The van der Waals surface area contributed by atoms with Crippen LogP contribution in [0, 0.1) is 0 Å². The van der Waals surface area contributed by atoms with Gasteiger partial charge in [0.15, 0.2) is 0 Å². The second-order valence-electron chi connectivity index (χ2n) is 16.8. The van der Waals surface area contributed by atoms with Crippen molar-refractivity contribution in [3.05, 3.63) is 167 Å². The lowest BCUT2D eigenvalue weighted by Gasteiger charge is -2.36. The molecule has 1 aliphatic rings. The van der Waals surface area contributed by atoms with Crippen LogP contribution in [-0.4, -0.2) is 9.97 Å². The van der Waals surface area contributed by atoms with E-state index in [0.29, 0.717) is 0 Å². The Bertz CT molecular complexity index is 2140. The Morgan fingerprint density at radius 2 is 0.898 bits per heavy atom. The van der Waals surface area contributed by atoms with Crippen LogP contribution < -0.4 is 0 Å². The third-order valence-electron chi connectivity index (χ3n) is 10.3. The Hall–Kier alpha value is -4.82. The minimum atomic E-state index is -0.553. The molecule has 2 heterocycles. The highest BCUT2D eigenvalue weighted by atomic mass is 14.7. The zero-order chi connectivity index (χ0) is 34.8. The van der Waals surface area contributed by atoms with Crippen molar-refractivity contribution in [1.82, 2.24) is 9.97 Å². The molecule has 0 saturated carbocycles. The zero-order valence-corrected chi connectivity index (χ0v) is 30.5. The van der Waals surface area contributed by atoms with Crippen LogP contribution in [0.5, 0.6) is 0 Å². The van der Waals surface area contributed by atoms with Gasteiger partial charge in [0.05, 0.1) is 16.8 Å². The van der Waals surface area contributed by atoms with Crippen molar-refractivity contribution in [2.24, 2.45) is 0 Å². The summed E-state index contributed by atoms with van der Waals surface area (Å²) < 4.78 is 0. The summed E-state index contributed by atoms with van der Waals surface area (Å²) in [6, 6.07) is 43.2. The van der Waals surface area contributed by atoms with Gasteiger partial charge < -0.3 is 0 Å². The van der Waals surface area contributed by atoms with Crippen molar-refractivity contribution in [2.45, 2.75) is 84.0 Å². The van der Waals surface area contributed by atoms with Gasteiger partial charge in [0.2, 0.25) is 0 Å². The van der Waals surface area contributed by atoms with Gasteiger partial charge in [0.25, 0.3) is 0 Å². The van der Waals surface area contributed by atoms with Crippen LogP contribution in [0.1, 0.15) is 101 Å². The standard InChI is InChI=1S/C47H48N2/c1-44(2,3)33-21-23-48-42(29-33)31-15-14-16-35(25-31)47(40-19-12-10-17-38(40)39-18-11-13-20-41(39)47)37-27-32(26-36(28-37)46(7,8)9)43-30-34(22-24-49-43)45(4,5)6/h10-30H,1-9H3. The highest BCUT2D eigenvalue weighted by molar-refractivity contribution is 5.87. The van der Waals surface area contributed by atoms with Gasteiger partial charge in [-0.2, -0.15) is 0 Å².